The second-order valence-electron chi connectivity index (χ2n) is 17.3. The summed E-state index contributed by atoms with van der Waals surface area (Å²) >= 11 is 0. The SMILES string of the molecule is CC/C=C/C=C/C=C\C=C/C=C/CC(CC(=O)NC(CO)C(O)CCCCCCCCCCCCCCCCC)OC(=O)CCCCC/C=C\C/C=C\C/C=C\C/C=C\CCCCC. The number of carbonyl (C=O) groups excluding carboxylic acids is 2. The van der Waals surface area contributed by atoms with E-state index in [1.807, 2.05) is 54.7 Å². The average Bonchev–Trinajstić information content (AvgIpc) is 3.29. The van der Waals surface area contributed by atoms with Crippen molar-refractivity contribution in [1.82, 2.24) is 5.32 Å². The number of carbonyl (C=O) groups is 2. The number of aliphatic hydroxyl groups is 2. The Morgan fingerprint density at radius 2 is 0.922 bits per heavy atom. The molecule has 0 heterocycles. The Bertz CT molecular complexity index is 1320. The third-order valence-electron chi connectivity index (χ3n) is 11.2. The van der Waals surface area contributed by atoms with Crippen molar-refractivity contribution in [3.8, 4) is 0 Å². The maximum atomic E-state index is 13.2. The zero-order valence-electron chi connectivity index (χ0n) is 41.4. The van der Waals surface area contributed by atoms with Crippen molar-refractivity contribution in [3.63, 3.8) is 0 Å². The summed E-state index contributed by atoms with van der Waals surface area (Å²) in [6, 6.07) is -0.753. The van der Waals surface area contributed by atoms with Crippen molar-refractivity contribution in [1.29, 1.82) is 0 Å². The van der Waals surface area contributed by atoms with Gasteiger partial charge < -0.3 is 20.3 Å². The van der Waals surface area contributed by atoms with Crippen LogP contribution in [0.4, 0.5) is 0 Å². The highest BCUT2D eigenvalue weighted by Gasteiger charge is 2.23. The fraction of sp³-hybridized carbons (Fsp3) is 0.655. The minimum absolute atomic E-state index is 0.0377. The molecule has 0 rings (SSSR count). The van der Waals surface area contributed by atoms with E-state index < -0.39 is 18.2 Å². The van der Waals surface area contributed by atoms with Gasteiger partial charge in [-0.15, -0.1) is 0 Å². The number of hydrogen-bond acceptors (Lipinski definition) is 5. The second kappa shape index (κ2) is 50.5. The Balaban J connectivity index is 4.68. The van der Waals surface area contributed by atoms with E-state index in [4.69, 9.17) is 4.74 Å². The highest BCUT2D eigenvalue weighted by atomic mass is 16.5. The van der Waals surface area contributed by atoms with E-state index in [-0.39, 0.29) is 24.9 Å². The molecule has 0 spiro atoms. The van der Waals surface area contributed by atoms with E-state index in [1.165, 1.54) is 103 Å². The topological polar surface area (TPSA) is 95.9 Å². The van der Waals surface area contributed by atoms with Crippen LogP contribution in [0.5, 0.6) is 0 Å². The first-order valence-electron chi connectivity index (χ1n) is 26.2. The smallest absolute Gasteiger partial charge is 0.306 e. The molecule has 6 heteroatoms. The first-order chi connectivity index (χ1) is 31.5. The molecule has 1 amide bonds. The van der Waals surface area contributed by atoms with Crippen molar-refractivity contribution in [2.24, 2.45) is 0 Å². The lowest BCUT2D eigenvalue weighted by Gasteiger charge is -2.24. The maximum absolute atomic E-state index is 13.2. The van der Waals surface area contributed by atoms with Gasteiger partial charge in [0, 0.05) is 12.8 Å². The van der Waals surface area contributed by atoms with Crippen LogP contribution in [0.1, 0.15) is 220 Å². The summed E-state index contributed by atoms with van der Waals surface area (Å²) in [5.74, 6) is -0.652. The normalized spacial score (nSPS) is 14.1. The minimum Gasteiger partial charge on any atom is -0.461 e. The van der Waals surface area contributed by atoms with Crippen molar-refractivity contribution in [2.75, 3.05) is 6.61 Å². The summed E-state index contributed by atoms with van der Waals surface area (Å²) in [7, 11) is 0. The maximum Gasteiger partial charge on any atom is 0.306 e. The number of aliphatic hydroxyl groups excluding tert-OH is 2. The molecule has 0 aliphatic rings. The number of ether oxygens (including phenoxy) is 1. The van der Waals surface area contributed by atoms with E-state index in [2.05, 4.69) is 80.8 Å². The van der Waals surface area contributed by atoms with Crippen LogP contribution in [0.2, 0.25) is 0 Å². The molecule has 64 heavy (non-hydrogen) atoms. The molecule has 0 bridgehead atoms. The molecule has 6 nitrogen and oxygen atoms in total. The molecular weight excluding hydrogens is 791 g/mol. The van der Waals surface area contributed by atoms with E-state index in [0.29, 0.717) is 19.3 Å². The van der Waals surface area contributed by atoms with Crippen LogP contribution in [0.25, 0.3) is 0 Å². The molecule has 0 aromatic rings. The third-order valence-corrected chi connectivity index (χ3v) is 11.2. The lowest BCUT2D eigenvalue weighted by Crippen LogP contribution is -2.46. The van der Waals surface area contributed by atoms with Gasteiger partial charge in [0.1, 0.15) is 6.10 Å². The van der Waals surface area contributed by atoms with Gasteiger partial charge in [0.25, 0.3) is 0 Å². The number of esters is 1. The minimum atomic E-state index is -0.830. The van der Waals surface area contributed by atoms with Crippen molar-refractivity contribution < 1.29 is 24.5 Å². The predicted molar refractivity (Wildman–Crippen MR) is 277 cm³/mol. The zero-order valence-corrected chi connectivity index (χ0v) is 41.4. The monoisotopic (exact) mass is 888 g/mol. The fourth-order valence-electron chi connectivity index (χ4n) is 7.26. The number of hydrogen-bond donors (Lipinski definition) is 3. The second-order valence-corrected chi connectivity index (χ2v) is 17.3. The molecule has 0 saturated heterocycles. The van der Waals surface area contributed by atoms with Gasteiger partial charge in [-0.25, -0.2) is 0 Å². The molecule has 0 saturated carbocycles. The van der Waals surface area contributed by atoms with Gasteiger partial charge in [0.05, 0.1) is 25.2 Å². The van der Waals surface area contributed by atoms with Gasteiger partial charge in [-0.3, -0.25) is 9.59 Å². The van der Waals surface area contributed by atoms with Crippen LogP contribution in [0.15, 0.2) is 109 Å². The summed E-state index contributed by atoms with van der Waals surface area (Å²) < 4.78 is 5.83. The molecule has 3 atom stereocenters. The number of unbranched alkanes of at least 4 members (excludes halogenated alkanes) is 20. The molecule has 364 valence electrons. The highest BCUT2D eigenvalue weighted by molar-refractivity contribution is 5.77. The van der Waals surface area contributed by atoms with E-state index in [9.17, 15) is 19.8 Å². The Labute approximate surface area is 394 Å². The van der Waals surface area contributed by atoms with Gasteiger partial charge >= 0.3 is 5.97 Å². The molecule has 0 aliphatic heterocycles. The third kappa shape index (κ3) is 45.1. The lowest BCUT2D eigenvalue weighted by atomic mass is 10.0. The molecule has 0 aromatic heterocycles. The van der Waals surface area contributed by atoms with Crippen molar-refractivity contribution >= 4 is 11.9 Å². The Morgan fingerprint density at radius 3 is 1.42 bits per heavy atom. The van der Waals surface area contributed by atoms with Crippen LogP contribution in [-0.2, 0) is 14.3 Å². The molecular formula is C58H97NO5. The first kappa shape index (κ1) is 60.5. The number of amides is 1. The van der Waals surface area contributed by atoms with Crippen molar-refractivity contribution in [3.05, 3.63) is 109 Å². The molecule has 0 aromatic carbocycles. The van der Waals surface area contributed by atoms with Gasteiger partial charge in [-0.05, 0) is 64.2 Å². The molecule has 0 aliphatic carbocycles. The molecule has 3 N–H and O–H groups in total. The first-order valence-corrected chi connectivity index (χ1v) is 26.2. The predicted octanol–water partition coefficient (Wildman–Crippen LogP) is 15.9. The highest BCUT2D eigenvalue weighted by Crippen LogP contribution is 2.16. The van der Waals surface area contributed by atoms with E-state index >= 15 is 0 Å². The largest absolute Gasteiger partial charge is 0.461 e. The Kier molecular flexibility index (Phi) is 47.8. The Hall–Kier alpha value is -3.48. The number of allylic oxidation sites excluding steroid dienone is 17. The van der Waals surface area contributed by atoms with Crippen LogP contribution in [0.3, 0.4) is 0 Å². The van der Waals surface area contributed by atoms with Crippen LogP contribution < -0.4 is 5.32 Å². The van der Waals surface area contributed by atoms with Gasteiger partial charge in [0.2, 0.25) is 5.91 Å². The molecule has 3 unspecified atom stereocenters. The standard InChI is InChI=1S/C58H97NO5/c1-4-7-10-13-16-19-22-24-26-27-28-29-31-33-36-39-42-45-48-51-58(63)64-54(49-46-43-40-37-34-21-18-15-12-9-6-3)52-57(62)59-55(53-60)56(61)50-47-44-41-38-35-32-30-25-23-20-17-14-11-8-5-2/h9,12,15-16,18-19,21,24,26,28-29,33-34,36-37,40,43,46,54-56,60-61H,4-8,10-11,13-14,17,20,22-23,25,27,30-32,35,38-39,41-42,44-45,47-53H2,1-3H3,(H,59,62)/b12-9+,18-15+,19-16-,26-24-,29-28-,34-21-,36-33-,40-37-,46-43+. The molecule has 0 fully saturated rings. The van der Waals surface area contributed by atoms with Gasteiger partial charge in [-0.2, -0.15) is 0 Å². The molecule has 0 radical (unpaired) electrons. The fourth-order valence-corrected chi connectivity index (χ4v) is 7.26. The van der Waals surface area contributed by atoms with Crippen LogP contribution in [-0.4, -0.2) is 46.9 Å². The summed E-state index contributed by atoms with van der Waals surface area (Å²) in [6.07, 6.45) is 68.9. The number of nitrogens with one attached hydrogen (secondary N) is 1. The number of rotatable bonds is 45. The summed E-state index contributed by atoms with van der Waals surface area (Å²) in [5, 5.41) is 23.7. The quantitative estimate of drug-likeness (QED) is 0.0245. The van der Waals surface area contributed by atoms with E-state index in [0.717, 1.165) is 70.6 Å². The van der Waals surface area contributed by atoms with Gasteiger partial charge in [-0.1, -0.05) is 246 Å². The van der Waals surface area contributed by atoms with Crippen LogP contribution in [0, 0.1) is 0 Å². The van der Waals surface area contributed by atoms with Gasteiger partial charge in [0.15, 0.2) is 0 Å². The van der Waals surface area contributed by atoms with Crippen molar-refractivity contribution in [2.45, 2.75) is 238 Å². The zero-order chi connectivity index (χ0) is 46.7. The average molecular weight is 888 g/mol. The van der Waals surface area contributed by atoms with E-state index in [1.54, 1.807) is 0 Å². The summed E-state index contributed by atoms with van der Waals surface area (Å²) in [4.78, 5) is 26.1. The summed E-state index contributed by atoms with van der Waals surface area (Å²) in [5.41, 5.74) is 0. The summed E-state index contributed by atoms with van der Waals surface area (Å²) in [6.45, 7) is 6.26. The van der Waals surface area contributed by atoms with Crippen LogP contribution >= 0.6 is 0 Å². The Morgan fingerprint density at radius 1 is 0.500 bits per heavy atom. The lowest BCUT2D eigenvalue weighted by molar-refractivity contribution is -0.150.